The predicted molar refractivity (Wildman–Crippen MR) is 372 cm³/mol. The van der Waals surface area contributed by atoms with Crippen LogP contribution < -0.4 is 28.4 Å². The van der Waals surface area contributed by atoms with E-state index in [9.17, 15) is 10.2 Å². The van der Waals surface area contributed by atoms with Crippen LogP contribution in [-0.4, -0.2) is 76.3 Å². The molecule has 0 saturated heterocycles. The number of ether oxygens (including phenoxy) is 8. The summed E-state index contributed by atoms with van der Waals surface area (Å²) in [6.45, 7) is 43.3. The van der Waals surface area contributed by atoms with E-state index in [2.05, 4.69) is 197 Å². The van der Waals surface area contributed by atoms with Crippen LogP contribution in [0.15, 0.2) is 97.1 Å². The van der Waals surface area contributed by atoms with Gasteiger partial charge in [0.05, 0.1) is 26.4 Å². The molecule has 10 nitrogen and oxygen atoms in total. The number of benzene rings is 7. The van der Waals surface area contributed by atoms with Gasteiger partial charge in [0.1, 0.15) is 74.1 Å². The van der Waals surface area contributed by atoms with Crippen molar-refractivity contribution in [3.05, 3.63) is 197 Å². The second kappa shape index (κ2) is 26.7. The van der Waals surface area contributed by atoms with Crippen LogP contribution >= 0.6 is 0 Å². The Hall–Kier alpha value is -7.14. The first-order chi connectivity index (χ1) is 43.2. The van der Waals surface area contributed by atoms with Crippen molar-refractivity contribution in [1.29, 1.82) is 0 Å². The summed E-state index contributed by atoms with van der Waals surface area (Å²) < 4.78 is 54.9. The van der Waals surface area contributed by atoms with E-state index in [1.54, 1.807) is 0 Å². The zero-order valence-electron chi connectivity index (χ0n) is 58.7. The van der Waals surface area contributed by atoms with Crippen molar-refractivity contribution < 1.29 is 48.1 Å². The highest BCUT2D eigenvalue weighted by Gasteiger charge is 2.31. The molecule has 7 aromatic carbocycles. The molecule has 0 fully saturated rings. The highest BCUT2D eigenvalue weighted by Crippen LogP contribution is 2.46. The average molecular weight is 1250 g/mol. The van der Waals surface area contributed by atoms with Gasteiger partial charge in [-0.25, -0.2) is 0 Å². The topological polar surface area (TPSA) is 114 Å². The van der Waals surface area contributed by atoms with Crippen molar-refractivity contribution in [2.24, 2.45) is 0 Å². The lowest BCUT2D eigenvalue weighted by atomic mass is 9.79. The van der Waals surface area contributed by atoms with E-state index in [0.29, 0.717) is 76.5 Å². The van der Waals surface area contributed by atoms with Gasteiger partial charge in [-0.2, -0.15) is 0 Å². The molecule has 16 bridgehead atoms. The Morgan fingerprint density at radius 3 is 0.630 bits per heavy atom. The number of para-hydroxylation sites is 2. The number of phenols is 2. The molecule has 11 rings (SSSR count). The summed E-state index contributed by atoms with van der Waals surface area (Å²) in [5, 5.41) is 26.6. The fraction of sp³-hybridized carbons (Fsp3) is 0.488. The van der Waals surface area contributed by atoms with Crippen molar-refractivity contribution in [1.82, 2.24) is 0 Å². The maximum absolute atomic E-state index is 13.3. The number of hydrogen-bond acceptors (Lipinski definition) is 10. The van der Waals surface area contributed by atoms with Gasteiger partial charge in [-0.05, 0) is 145 Å². The molecule has 7 aromatic rings. The Kier molecular flexibility index (Phi) is 19.7. The lowest BCUT2D eigenvalue weighted by molar-refractivity contribution is 0.0270. The first-order valence-electron chi connectivity index (χ1n) is 33.6. The Balaban J connectivity index is 1.38. The van der Waals surface area contributed by atoms with E-state index in [0.717, 1.165) is 123 Å². The van der Waals surface area contributed by atoms with E-state index in [1.807, 2.05) is 24.3 Å². The summed E-state index contributed by atoms with van der Waals surface area (Å²) in [6, 6.07) is 35.0. The van der Waals surface area contributed by atoms with Crippen LogP contribution in [0.2, 0.25) is 0 Å². The molecule has 492 valence electrons. The van der Waals surface area contributed by atoms with Crippen molar-refractivity contribution in [2.45, 2.75) is 196 Å². The first kappa shape index (κ1) is 67.7. The molecule has 0 aliphatic carbocycles. The minimum absolute atomic E-state index is 0.209. The molecule has 92 heavy (non-hydrogen) atoms. The molecule has 4 heterocycles. The molecule has 0 amide bonds. The van der Waals surface area contributed by atoms with Gasteiger partial charge in [0, 0.05) is 38.5 Å². The summed E-state index contributed by atoms with van der Waals surface area (Å²) in [7, 11) is 0. The van der Waals surface area contributed by atoms with E-state index >= 15 is 0 Å². The zero-order chi connectivity index (χ0) is 66.3. The van der Waals surface area contributed by atoms with E-state index < -0.39 is 0 Å². The molecular formula is C82H104O10. The Morgan fingerprint density at radius 2 is 0.413 bits per heavy atom. The first-order valence-corrected chi connectivity index (χ1v) is 33.6. The molecule has 0 atom stereocenters. The summed E-state index contributed by atoms with van der Waals surface area (Å²) in [6.07, 6.45) is 2.38. The number of rotatable bonds is 0. The lowest BCUT2D eigenvalue weighted by Crippen LogP contribution is -2.18. The van der Waals surface area contributed by atoms with E-state index in [-0.39, 0.29) is 83.6 Å². The molecule has 0 aromatic heterocycles. The fourth-order valence-electron chi connectivity index (χ4n) is 12.7. The third kappa shape index (κ3) is 15.9. The number of phenolic OH excluding ortho intramolecular Hbond substituents is 2. The van der Waals surface area contributed by atoms with Crippen molar-refractivity contribution in [3.63, 3.8) is 0 Å². The summed E-state index contributed by atoms with van der Waals surface area (Å²) in [4.78, 5) is 0. The van der Waals surface area contributed by atoms with Crippen LogP contribution in [0.4, 0.5) is 0 Å². The largest absolute Gasteiger partial charge is 0.507 e. The summed E-state index contributed by atoms with van der Waals surface area (Å²) in [5.41, 5.74) is 16.0. The van der Waals surface area contributed by atoms with Gasteiger partial charge < -0.3 is 48.1 Å². The van der Waals surface area contributed by atoms with E-state index in [4.69, 9.17) is 37.9 Å². The monoisotopic (exact) mass is 1250 g/mol. The number of hydrogen-bond donors (Lipinski definition) is 2. The molecule has 10 heteroatoms. The summed E-state index contributed by atoms with van der Waals surface area (Å²) in [5.74, 6) is 4.61. The second-order valence-corrected chi connectivity index (χ2v) is 32.1. The summed E-state index contributed by atoms with van der Waals surface area (Å²) >= 11 is 0. The minimum Gasteiger partial charge on any atom is -0.507 e. The van der Waals surface area contributed by atoms with Crippen LogP contribution in [0, 0.1) is 0 Å². The van der Waals surface area contributed by atoms with Crippen molar-refractivity contribution in [3.8, 4) is 46.0 Å². The molecule has 0 radical (unpaired) electrons. The highest BCUT2D eigenvalue weighted by molar-refractivity contribution is 5.61. The third-order valence-electron chi connectivity index (χ3n) is 18.3. The van der Waals surface area contributed by atoms with Gasteiger partial charge in [0.15, 0.2) is 11.5 Å². The third-order valence-corrected chi connectivity index (χ3v) is 18.3. The molecule has 4 aliphatic heterocycles. The second-order valence-electron chi connectivity index (χ2n) is 32.1. The average Bonchev–Trinajstić information content (AvgIpc) is 0.798. The van der Waals surface area contributed by atoms with Crippen LogP contribution in [-0.2, 0) is 80.5 Å². The van der Waals surface area contributed by atoms with Crippen molar-refractivity contribution in [2.75, 3.05) is 66.1 Å². The zero-order valence-corrected chi connectivity index (χ0v) is 58.7. The molecule has 0 spiro atoms. The quantitative estimate of drug-likeness (QED) is 0.142. The predicted octanol–water partition coefficient (Wildman–Crippen LogP) is 17.8. The normalized spacial score (nSPS) is 16.0. The van der Waals surface area contributed by atoms with Gasteiger partial charge >= 0.3 is 0 Å². The maximum Gasteiger partial charge on any atom is 0.161 e. The highest BCUT2D eigenvalue weighted by atomic mass is 16.6. The Bertz CT molecular complexity index is 3560. The lowest BCUT2D eigenvalue weighted by Gasteiger charge is -2.28. The van der Waals surface area contributed by atoms with Crippen LogP contribution in [0.5, 0.6) is 46.0 Å². The molecule has 2 N–H and O–H groups in total. The fourth-order valence-corrected chi connectivity index (χ4v) is 12.7. The standard InChI is InChI=1S/C82H104O10/c1-77(2,3)63-39-51-33-55-43-65(79(7,8)9)47-59-37-62-50-68(82(16,17)18)46-58-36-54-42-64(78(4,5)6)40-52(72(54)84)34-56-44-66(80(10,11)12)48-60(74(56)90-28-26-86-24-23-85-25-27-89-73(55)59)38-61-49-67(81(13,14)15)45-57(35-53(41-63)71(51)83)75(61)91-31-29-87-69-21-19-20-22-70(69)88-30-32-92-76(58)62/h19-22,39-50,83-84H,23-38H2,1-18H3. The van der Waals surface area contributed by atoms with Crippen LogP contribution in [0.3, 0.4) is 0 Å². The molecule has 0 unspecified atom stereocenters. The smallest absolute Gasteiger partial charge is 0.161 e. The maximum atomic E-state index is 13.3. The van der Waals surface area contributed by atoms with Gasteiger partial charge in [-0.1, -0.05) is 210 Å². The van der Waals surface area contributed by atoms with Gasteiger partial charge in [0.2, 0.25) is 0 Å². The number of aromatic hydroxyl groups is 2. The van der Waals surface area contributed by atoms with Gasteiger partial charge in [-0.15, -0.1) is 0 Å². The number of fused-ring (bicyclic) bond motifs is 15. The van der Waals surface area contributed by atoms with Gasteiger partial charge in [0.25, 0.3) is 0 Å². The van der Waals surface area contributed by atoms with Crippen molar-refractivity contribution >= 4 is 0 Å². The molecule has 0 saturated carbocycles. The molecule has 4 aliphatic rings. The van der Waals surface area contributed by atoms with Crippen LogP contribution in [0.1, 0.15) is 225 Å². The Labute approximate surface area is 550 Å². The Morgan fingerprint density at radius 1 is 0.239 bits per heavy atom. The van der Waals surface area contributed by atoms with E-state index in [1.165, 1.54) is 0 Å². The van der Waals surface area contributed by atoms with Gasteiger partial charge in [-0.3, -0.25) is 0 Å². The minimum atomic E-state index is -0.290. The molecular weight excluding hydrogens is 1140 g/mol. The SMILES string of the molecule is CC(C)(C)c1cc2c(O)c(c1)Cc1cc(C(C)(C)C)cc3c1OCCOc1ccccc1OCCOc1c4cc(C(C)(C)C)cc1Cc1cc(C(C)(C)C)cc(c1OCCOCCOCCOc1c(cc(C(C)(C)C)cc1C3)Cc1cc(C(C)(C)C)cc(c1O)C4)C2. The van der Waals surface area contributed by atoms with Crippen LogP contribution in [0.25, 0.3) is 0 Å².